The lowest BCUT2D eigenvalue weighted by Gasteiger charge is -2.25. The van der Waals surface area contributed by atoms with Crippen LogP contribution in [0.2, 0.25) is 0 Å². The number of hydrogen-bond acceptors (Lipinski definition) is 3. The van der Waals surface area contributed by atoms with Gasteiger partial charge in [0, 0.05) is 25.4 Å². The maximum absolute atomic E-state index is 13.0. The highest BCUT2D eigenvalue weighted by Crippen LogP contribution is 2.36. The number of aromatic nitrogens is 1. The SMILES string of the molecule is Cc1cc2c(nc1NC(=O)CC(C)(C)C)C[C@@H](C)N2Cc1cccc(C(F)(F)F)c1. The number of hydrogen-bond donors (Lipinski definition) is 1. The van der Waals surface area contributed by atoms with E-state index in [9.17, 15) is 18.0 Å². The molecule has 0 aliphatic carbocycles. The second-order valence-corrected chi connectivity index (χ2v) is 9.28. The quantitative estimate of drug-likeness (QED) is 0.688. The predicted molar refractivity (Wildman–Crippen MR) is 112 cm³/mol. The molecule has 162 valence electrons. The topological polar surface area (TPSA) is 45.2 Å². The molecule has 7 heteroatoms. The largest absolute Gasteiger partial charge is 0.416 e. The lowest BCUT2D eigenvalue weighted by Crippen LogP contribution is -2.28. The number of carbonyl (C=O) groups is 1. The highest BCUT2D eigenvalue weighted by molar-refractivity contribution is 5.91. The second-order valence-electron chi connectivity index (χ2n) is 9.28. The summed E-state index contributed by atoms with van der Waals surface area (Å²) in [7, 11) is 0. The number of benzene rings is 1. The second kappa shape index (κ2) is 7.93. The molecule has 0 radical (unpaired) electrons. The monoisotopic (exact) mass is 419 g/mol. The Bertz CT molecular complexity index is 948. The van der Waals surface area contributed by atoms with Gasteiger partial charge < -0.3 is 10.2 Å². The lowest BCUT2D eigenvalue weighted by molar-refractivity contribution is -0.137. The molecule has 0 saturated heterocycles. The fourth-order valence-electron chi connectivity index (χ4n) is 3.73. The third kappa shape index (κ3) is 5.12. The summed E-state index contributed by atoms with van der Waals surface area (Å²) in [6.45, 7) is 10.3. The molecule has 0 bridgehead atoms. The summed E-state index contributed by atoms with van der Waals surface area (Å²) in [5, 5.41) is 2.91. The summed E-state index contributed by atoms with van der Waals surface area (Å²) in [5.74, 6) is 0.473. The molecule has 1 aliphatic rings. The van der Waals surface area contributed by atoms with Gasteiger partial charge in [0.15, 0.2) is 0 Å². The van der Waals surface area contributed by atoms with Crippen LogP contribution in [0.25, 0.3) is 0 Å². The van der Waals surface area contributed by atoms with Gasteiger partial charge in [-0.1, -0.05) is 32.9 Å². The number of alkyl halides is 3. The summed E-state index contributed by atoms with van der Waals surface area (Å²) in [4.78, 5) is 19.1. The molecular formula is C23H28F3N3O. The van der Waals surface area contributed by atoms with Gasteiger partial charge >= 0.3 is 6.18 Å². The summed E-state index contributed by atoms with van der Waals surface area (Å²) >= 11 is 0. The average molecular weight is 419 g/mol. The molecular weight excluding hydrogens is 391 g/mol. The summed E-state index contributed by atoms with van der Waals surface area (Å²) in [6.07, 6.45) is -3.29. The Kier molecular flexibility index (Phi) is 5.85. The molecule has 1 N–H and O–H groups in total. The lowest BCUT2D eigenvalue weighted by atomic mass is 9.92. The number of nitrogens with zero attached hydrogens (tertiary/aromatic N) is 2. The number of rotatable bonds is 4. The molecule has 2 aromatic rings. The zero-order valence-electron chi connectivity index (χ0n) is 18.0. The van der Waals surface area contributed by atoms with Crippen molar-refractivity contribution in [1.29, 1.82) is 0 Å². The zero-order chi connectivity index (χ0) is 22.3. The minimum absolute atomic E-state index is 0.0788. The van der Waals surface area contributed by atoms with Gasteiger partial charge in [0.2, 0.25) is 5.91 Å². The van der Waals surface area contributed by atoms with E-state index in [4.69, 9.17) is 0 Å². The van der Waals surface area contributed by atoms with E-state index < -0.39 is 11.7 Å². The zero-order valence-corrected chi connectivity index (χ0v) is 18.0. The summed E-state index contributed by atoms with van der Waals surface area (Å²) < 4.78 is 39.1. The number of nitrogens with one attached hydrogen (secondary N) is 1. The first-order valence-corrected chi connectivity index (χ1v) is 10.1. The van der Waals surface area contributed by atoms with Crippen LogP contribution in [0.5, 0.6) is 0 Å². The number of carbonyl (C=O) groups excluding carboxylic acids is 1. The normalized spacial score (nSPS) is 16.5. The van der Waals surface area contributed by atoms with E-state index in [0.29, 0.717) is 30.8 Å². The smallest absolute Gasteiger partial charge is 0.363 e. The average Bonchev–Trinajstić information content (AvgIpc) is 2.88. The molecule has 0 spiro atoms. The van der Waals surface area contributed by atoms with Crippen molar-refractivity contribution in [1.82, 2.24) is 4.98 Å². The molecule has 3 rings (SSSR count). The first-order chi connectivity index (χ1) is 13.8. The molecule has 1 aromatic carbocycles. The van der Waals surface area contributed by atoms with E-state index in [2.05, 4.69) is 15.2 Å². The van der Waals surface area contributed by atoms with Crippen molar-refractivity contribution in [2.24, 2.45) is 5.41 Å². The van der Waals surface area contributed by atoms with Crippen LogP contribution in [0.4, 0.5) is 24.7 Å². The molecule has 1 amide bonds. The van der Waals surface area contributed by atoms with Gasteiger partial charge in [-0.25, -0.2) is 4.98 Å². The Labute approximate surface area is 175 Å². The van der Waals surface area contributed by atoms with Gasteiger partial charge in [-0.2, -0.15) is 13.2 Å². The number of anilines is 2. The van der Waals surface area contributed by atoms with Crippen LogP contribution >= 0.6 is 0 Å². The summed E-state index contributed by atoms with van der Waals surface area (Å²) in [5.41, 5.74) is 2.44. The van der Waals surface area contributed by atoms with Crippen LogP contribution in [0, 0.1) is 12.3 Å². The minimum atomic E-state index is -4.36. The Morgan fingerprint density at radius 1 is 1.23 bits per heavy atom. The molecule has 1 aliphatic heterocycles. The predicted octanol–water partition coefficient (Wildman–Crippen LogP) is 5.73. The number of pyridine rings is 1. The van der Waals surface area contributed by atoms with Crippen LogP contribution < -0.4 is 10.2 Å². The highest BCUT2D eigenvalue weighted by Gasteiger charge is 2.32. The molecule has 0 saturated carbocycles. The van der Waals surface area contributed by atoms with E-state index in [1.54, 1.807) is 6.07 Å². The van der Waals surface area contributed by atoms with Crippen molar-refractivity contribution < 1.29 is 18.0 Å². The molecule has 30 heavy (non-hydrogen) atoms. The maximum atomic E-state index is 13.0. The van der Waals surface area contributed by atoms with Crippen LogP contribution in [0.3, 0.4) is 0 Å². The molecule has 1 aromatic heterocycles. The molecule has 4 nitrogen and oxygen atoms in total. The third-order valence-electron chi connectivity index (χ3n) is 5.16. The maximum Gasteiger partial charge on any atom is 0.416 e. The van der Waals surface area contributed by atoms with Gasteiger partial charge in [-0.3, -0.25) is 4.79 Å². The van der Waals surface area contributed by atoms with Gasteiger partial charge in [0.25, 0.3) is 0 Å². The van der Waals surface area contributed by atoms with Crippen molar-refractivity contribution in [3.05, 3.63) is 52.7 Å². The number of halogens is 3. The first-order valence-electron chi connectivity index (χ1n) is 10.1. The standard InChI is InChI=1S/C23H28F3N3O/c1-14-9-19-18(27-21(14)28-20(30)12-22(3,4)5)10-15(2)29(19)13-16-7-6-8-17(11-16)23(24,25)26/h6-9,11,15H,10,12-13H2,1-5H3,(H,27,28,30)/t15-/m1/s1. The Balaban J connectivity index is 1.82. The van der Waals surface area contributed by atoms with Crippen molar-refractivity contribution in [2.45, 2.75) is 66.2 Å². The van der Waals surface area contributed by atoms with E-state index >= 15 is 0 Å². The molecule has 0 fully saturated rings. The van der Waals surface area contributed by atoms with E-state index in [0.717, 1.165) is 23.0 Å². The van der Waals surface area contributed by atoms with Crippen LogP contribution in [-0.4, -0.2) is 16.9 Å². The van der Waals surface area contributed by atoms with Crippen LogP contribution in [-0.2, 0) is 23.9 Å². The van der Waals surface area contributed by atoms with E-state index in [1.165, 1.54) is 12.1 Å². The number of aryl methyl sites for hydroxylation is 1. The van der Waals surface area contributed by atoms with Crippen LogP contribution in [0.1, 0.15) is 56.5 Å². The van der Waals surface area contributed by atoms with Crippen molar-refractivity contribution in [3.63, 3.8) is 0 Å². The molecule has 0 unspecified atom stereocenters. The van der Waals surface area contributed by atoms with Crippen molar-refractivity contribution in [2.75, 3.05) is 10.2 Å². The Hall–Kier alpha value is -2.57. The van der Waals surface area contributed by atoms with Gasteiger partial charge in [-0.15, -0.1) is 0 Å². The van der Waals surface area contributed by atoms with Gasteiger partial charge in [0.05, 0.1) is 16.9 Å². The fourth-order valence-corrected chi connectivity index (χ4v) is 3.73. The molecule has 2 heterocycles. The molecule has 1 atom stereocenters. The Morgan fingerprint density at radius 3 is 2.57 bits per heavy atom. The highest BCUT2D eigenvalue weighted by atomic mass is 19.4. The fraction of sp³-hybridized carbons (Fsp3) is 0.478. The van der Waals surface area contributed by atoms with E-state index in [1.807, 2.05) is 40.7 Å². The first kappa shape index (κ1) is 22.1. The van der Waals surface area contributed by atoms with Gasteiger partial charge in [-0.05, 0) is 48.6 Å². The number of fused-ring (bicyclic) bond motifs is 1. The number of amides is 1. The van der Waals surface area contributed by atoms with E-state index in [-0.39, 0.29) is 17.4 Å². The Morgan fingerprint density at radius 2 is 1.93 bits per heavy atom. The summed E-state index contributed by atoms with van der Waals surface area (Å²) in [6, 6.07) is 7.50. The van der Waals surface area contributed by atoms with Crippen molar-refractivity contribution in [3.8, 4) is 0 Å². The van der Waals surface area contributed by atoms with Crippen LogP contribution in [0.15, 0.2) is 30.3 Å². The van der Waals surface area contributed by atoms with Gasteiger partial charge in [0.1, 0.15) is 5.82 Å². The third-order valence-corrected chi connectivity index (χ3v) is 5.16. The minimum Gasteiger partial charge on any atom is -0.363 e. The van der Waals surface area contributed by atoms with Crippen molar-refractivity contribution >= 4 is 17.4 Å².